The standard InChI is InChI=1S/C11H8BrF7/c1-5-3-7(4-8(12)6(5)2)9(13,10(14,15)16)11(17,18)19/h3-4H,1-2H3. The molecular formula is C11H8BrF7. The van der Waals surface area contributed by atoms with Gasteiger partial charge in [-0.3, -0.25) is 0 Å². The number of halogens is 8. The minimum Gasteiger partial charge on any atom is -0.218 e. The van der Waals surface area contributed by atoms with Crippen LogP contribution in [-0.2, 0) is 5.67 Å². The molecule has 0 unspecified atom stereocenters. The van der Waals surface area contributed by atoms with Crippen LogP contribution in [0.5, 0.6) is 0 Å². The van der Waals surface area contributed by atoms with Crippen molar-refractivity contribution in [2.75, 3.05) is 0 Å². The van der Waals surface area contributed by atoms with Crippen molar-refractivity contribution in [1.82, 2.24) is 0 Å². The predicted molar refractivity (Wildman–Crippen MR) is 58.5 cm³/mol. The molecule has 0 aliphatic carbocycles. The molecule has 0 aliphatic rings. The van der Waals surface area contributed by atoms with Gasteiger partial charge in [0.05, 0.1) is 0 Å². The zero-order chi connectivity index (χ0) is 15.2. The van der Waals surface area contributed by atoms with Crippen LogP contribution in [0, 0.1) is 13.8 Å². The summed E-state index contributed by atoms with van der Waals surface area (Å²) >= 11 is 2.82. The van der Waals surface area contributed by atoms with E-state index in [0.29, 0.717) is 17.7 Å². The third-order valence-corrected chi connectivity index (χ3v) is 3.61. The van der Waals surface area contributed by atoms with Gasteiger partial charge >= 0.3 is 18.0 Å². The average molecular weight is 353 g/mol. The number of rotatable bonds is 1. The van der Waals surface area contributed by atoms with Gasteiger partial charge in [0, 0.05) is 10.0 Å². The number of alkyl halides is 7. The topological polar surface area (TPSA) is 0 Å². The highest BCUT2D eigenvalue weighted by atomic mass is 79.9. The Kier molecular flexibility index (Phi) is 3.97. The summed E-state index contributed by atoms with van der Waals surface area (Å²) in [6, 6.07) is 1.06. The summed E-state index contributed by atoms with van der Waals surface area (Å²) in [7, 11) is 0. The molecule has 0 amide bonds. The molecule has 0 aromatic heterocycles. The van der Waals surface area contributed by atoms with Crippen LogP contribution in [0.2, 0.25) is 0 Å². The van der Waals surface area contributed by atoms with Crippen LogP contribution in [-0.4, -0.2) is 12.4 Å². The molecule has 0 aliphatic heterocycles. The van der Waals surface area contributed by atoms with Crippen LogP contribution in [0.4, 0.5) is 30.7 Å². The van der Waals surface area contributed by atoms with Crippen molar-refractivity contribution in [3.05, 3.63) is 33.3 Å². The Morgan fingerprint density at radius 1 is 0.842 bits per heavy atom. The van der Waals surface area contributed by atoms with Gasteiger partial charge < -0.3 is 0 Å². The minimum absolute atomic E-state index is 0.0157. The highest BCUT2D eigenvalue weighted by Crippen LogP contribution is 2.53. The lowest BCUT2D eigenvalue weighted by molar-refractivity contribution is -0.348. The zero-order valence-corrected chi connectivity index (χ0v) is 11.3. The van der Waals surface area contributed by atoms with Gasteiger partial charge in [-0.05, 0) is 31.0 Å². The first-order valence-corrected chi connectivity index (χ1v) is 5.71. The molecule has 0 bridgehead atoms. The molecule has 0 spiro atoms. The first-order chi connectivity index (χ1) is 8.32. The summed E-state index contributed by atoms with van der Waals surface area (Å²) in [4.78, 5) is 0. The van der Waals surface area contributed by atoms with Crippen LogP contribution in [0.3, 0.4) is 0 Å². The van der Waals surface area contributed by atoms with Crippen LogP contribution in [0.1, 0.15) is 16.7 Å². The van der Waals surface area contributed by atoms with Gasteiger partial charge in [0.25, 0.3) is 0 Å². The Balaban J connectivity index is 3.62. The lowest BCUT2D eigenvalue weighted by Crippen LogP contribution is -2.50. The monoisotopic (exact) mass is 352 g/mol. The van der Waals surface area contributed by atoms with Gasteiger partial charge in [-0.2, -0.15) is 26.3 Å². The maximum absolute atomic E-state index is 13.8. The van der Waals surface area contributed by atoms with E-state index in [1.165, 1.54) is 13.8 Å². The summed E-state index contributed by atoms with van der Waals surface area (Å²) in [5.74, 6) is 0. The Hall–Kier alpha value is -0.790. The molecule has 1 rings (SSSR count). The Morgan fingerprint density at radius 2 is 1.26 bits per heavy atom. The van der Waals surface area contributed by atoms with Crippen LogP contribution in [0.15, 0.2) is 16.6 Å². The first-order valence-electron chi connectivity index (χ1n) is 4.92. The fourth-order valence-electron chi connectivity index (χ4n) is 1.50. The van der Waals surface area contributed by atoms with E-state index in [-0.39, 0.29) is 10.0 Å². The molecule has 0 heterocycles. The molecule has 1 aromatic rings. The Labute approximate surface area is 112 Å². The maximum atomic E-state index is 13.8. The zero-order valence-electron chi connectivity index (χ0n) is 9.68. The molecule has 0 fully saturated rings. The van der Waals surface area contributed by atoms with Crippen molar-refractivity contribution in [2.45, 2.75) is 31.9 Å². The lowest BCUT2D eigenvalue weighted by Gasteiger charge is -2.31. The largest absolute Gasteiger partial charge is 0.435 e. The second kappa shape index (κ2) is 4.64. The van der Waals surface area contributed by atoms with E-state index < -0.39 is 23.6 Å². The van der Waals surface area contributed by atoms with E-state index in [1.807, 2.05) is 0 Å². The maximum Gasteiger partial charge on any atom is 0.435 e. The average Bonchev–Trinajstić information content (AvgIpc) is 2.20. The van der Waals surface area contributed by atoms with Crippen LogP contribution >= 0.6 is 15.9 Å². The van der Waals surface area contributed by atoms with E-state index in [1.54, 1.807) is 0 Å². The molecule has 0 atom stereocenters. The van der Waals surface area contributed by atoms with Crippen molar-refractivity contribution in [3.63, 3.8) is 0 Å². The molecule has 108 valence electrons. The quantitative estimate of drug-likeness (QED) is 0.597. The lowest BCUT2D eigenvalue weighted by atomic mass is 9.91. The summed E-state index contributed by atoms with van der Waals surface area (Å²) in [5.41, 5.74) is -6.31. The van der Waals surface area contributed by atoms with E-state index in [2.05, 4.69) is 15.9 Å². The van der Waals surface area contributed by atoms with E-state index in [0.717, 1.165) is 0 Å². The van der Waals surface area contributed by atoms with Crippen LogP contribution < -0.4 is 0 Å². The highest BCUT2D eigenvalue weighted by Gasteiger charge is 2.73. The summed E-state index contributed by atoms with van der Waals surface area (Å²) in [5, 5.41) is 0. The Morgan fingerprint density at radius 3 is 1.58 bits per heavy atom. The number of benzene rings is 1. The summed E-state index contributed by atoms with van der Waals surface area (Å²) in [6.45, 7) is 2.79. The van der Waals surface area contributed by atoms with Crippen molar-refractivity contribution >= 4 is 15.9 Å². The molecule has 8 heteroatoms. The van der Waals surface area contributed by atoms with Gasteiger partial charge in [-0.15, -0.1) is 0 Å². The first kappa shape index (κ1) is 16.3. The number of aryl methyl sites for hydroxylation is 1. The second-order valence-electron chi connectivity index (χ2n) is 4.05. The van der Waals surface area contributed by atoms with E-state index in [9.17, 15) is 30.7 Å². The van der Waals surface area contributed by atoms with Crippen molar-refractivity contribution in [3.8, 4) is 0 Å². The second-order valence-corrected chi connectivity index (χ2v) is 4.91. The molecule has 19 heavy (non-hydrogen) atoms. The fraction of sp³-hybridized carbons (Fsp3) is 0.455. The third kappa shape index (κ3) is 2.59. The van der Waals surface area contributed by atoms with Gasteiger partial charge in [-0.1, -0.05) is 22.0 Å². The predicted octanol–water partition coefficient (Wildman–Crippen LogP) is 5.36. The molecule has 1 aromatic carbocycles. The van der Waals surface area contributed by atoms with E-state index >= 15 is 0 Å². The van der Waals surface area contributed by atoms with Crippen molar-refractivity contribution in [2.24, 2.45) is 0 Å². The van der Waals surface area contributed by atoms with Gasteiger partial charge in [0.15, 0.2) is 0 Å². The molecule has 0 N–H and O–H groups in total. The highest BCUT2D eigenvalue weighted by molar-refractivity contribution is 9.10. The van der Waals surface area contributed by atoms with Gasteiger partial charge in [0.1, 0.15) is 0 Å². The van der Waals surface area contributed by atoms with Gasteiger partial charge in [0.2, 0.25) is 0 Å². The minimum atomic E-state index is -6.09. The molecule has 0 saturated heterocycles. The third-order valence-electron chi connectivity index (χ3n) is 2.78. The smallest absolute Gasteiger partial charge is 0.218 e. The van der Waals surface area contributed by atoms with Crippen molar-refractivity contribution < 1.29 is 30.7 Å². The molecule has 0 saturated carbocycles. The van der Waals surface area contributed by atoms with Crippen molar-refractivity contribution in [1.29, 1.82) is 0 Å². The number of hydrogen-bond acceptors (Lipinski definition) is 0. The van der Waals surface area contributed by atoms with E-state index in [4.69, 9.17) is 0 Å². The summed E-state index contributed by atoms with van der Waals surface area (Å²) in [6.07, 6.45) is -12.2. The van der Waals surface area contributed by atoms with Gasteiger partial charge in [-0.25, -0.2) is 4.39 Å². The molecular weight excluding hydrogens is 345 g/mol. The van der Waals surface area contributed by atoms with Crippen LogP contribution in [0.25, 0.3) is 0 Å². The number of hydrogen-bond donors (Lipinski definition) is 0. The fourth-order valence-corrected chi connectivity index (χ4v) is 2.06. The SMILES string of the molecule is Cc1cc(C(F)(C(F)(F)F)C(F)(F)F)cc(Br)c1C. The normalized spacial score (nSPS) is 13.8. The molecule has 0 nitrogen and oxygen atoms in total. The summed E-state index contributed by atoms with van der Waals surface area (Å²) < 4.78 is 89.0. The molecule has 0 radical (unpaired) electrons. The Bertz CT molecular complexity index is 450.